The average Bonchev–Trinajstić information content (AvgIpc) is 2.30. The van der Waals surface area contributed by atoms with Gasteiger partial charge in [-0.05, 0) is 38.8 Å². The number of hydrogen-bond acceptors (Lipinski definition) is 3. The Morgan fingerprint density at radius 2 is 1.89 bits per heavy atom. The van der Waals surface area contributed by atoms with Crippen LogP contribution in [-0.4, -0.2) is 28.6 Å². The number of hydrogen-bond donors (Lipinski definition) is 2. The Balaban J connectivity index is 2.76. The Morgan fingerprint density at radius 3 is 2.39 bits per heavy atom. The first kappa shape index (κ1) is 15.1. The van der Waals surface area contributed by atoms with Crippen LogP contribution >= 0.6 is 11.8 Å². The summed E-state index contributed by atoms with van der Waals surface area (Å²) in [6.07, 6.45) is 0. The topological polar surface area (TPSA) is 49.3 Å². The fraction of sp³-hybridized carbons (Fsp3) is 0.500. The zero-order valence-corrected chi connectivity index (χ0v) is 12.2. The third-order valence-corrected chi connectivity index (χ3v) is 3.89. The summed E-state index contributed by atoms with van der Waals surface area (Å²) in [7, 11) is 0. The molecule has 0 aromatic heterocycles. The molecule has 0 fully saturated rings. The molecule has 0 aliphatic rings. The summed E-state index contributed by atoms with van der Waals surface area (Å²) in [5.41, 5.74) is 4.27. The van der Waals surface area contributed by atoms with Crippen LogP contribution in [0, 0.1) is 20.8 Å². The lowest BCUT2D eigenvalue weighted by molar-refractivity contribution is -0.115. The molecule has 1 aromatic carbocycles. The molecule has 0 saturated carbocycles. The van der Waals surface area contributed by atoms with Gasteiger partial charge in [0.2, 0.25) is 5.91 Å². The van der Waals surface area contributed by atoms with Crippen molar-refractivity contribution in [2.24, 2.45) is 0 Å². The number of carbonyl (C=O) groups excluding carboxylic acids is 1. The highest BCUT2D eigenvalue weighted by atomic mass is 32.2. The maximum atomic E-state index is 12.0. The summed E-state index contributed by atoms with van der Waals surface area (Å²) in [5.74, 6) is 0.573. The highest BCUT2D eigenvalue weighted by Crippen LogP contribution is 2.23. The number of benzene rings is 1. The van der Waals surface area contributed by atoms with Crippen molar-refractivity contribution in [2.45, 2.75) is 32.9 Å². The molecule has 1 atom stereocenters. The molecule has 1 unspecified atom stereocenters. The van der Waals surface area contributed by atoms with Crippen LogP contribution < -0.4 is 5.32 Å². The van der Waals surface area contributed by atoms with Gasteiger partial charge in [-0.3, -0.25) is 4.79 Å². The summed E-state index contributed by atoms with van der Waals surface area (Å²) >= 11 is 1.46. The third-order valence-electron chi connectivity index (χ3n) is 2.75. The van der Waals surface area contributed by atoms with E-state index in [-0.39, 0.29) is 17.8 Å². The molecule has 100 valence electrons. The SMILES string of the molecule is Cc1cc(C)c(NC(=O)C(C)SCCO)c(C)c1. The number of thioether (sulfide) groups is 1. The molecule has 0 heterocycles. The number of aliphatic hydroxyl groups is 1. The van der Waals surface area contributed by atoms with E-state index in [9.17, 15) is 4.79 Å². The van der Waals surface area contributed by atoms with Gasteiger partial charge in [-0.15, -0.1) is 11.8 Å². The summed E-state index contributed by atoms with van der Waals surface area (Å²) in [4.78, 5) is 12.0. The van der Waals surface area contributed by atoms with Crippen molar-refractivity contribution in [1.82, 2.24) is 0 Å². The van der Waals surface area contributed by atoms with Crippen LogP contribution in [0.1, 0.15) is 23.6 Å². The van der Waals surface area contributed by atoms with Crippen molar-refractivity contribution in [3.63, 3.8) is 0 Å². The number of aliphatic hydroxyl groups excluding tert-OH is 1. The highest BCUT2D eigenvalue weighted by Gasteiger charge is 2.15. The van der Waals surface area contributed by atoms with Crippen LogP contribution in [0.3, 0.4) is 0 Å². The molecule has 1 aromatic rings. The number of nitrogens with one attached hydrogen (secondary N) is 1. The number of rotatable bonds is 5. The zero-order valence-electron chi connectivity index (χ0n) is 11.4. The number of carbonyl (C=O) groups is 1. The van der Waals surface area contributed by atoms with Crippen LogP contribution in [0.15, 0.2) is 12.1 Å². The van der Waals surface area contributed by atoms with Gasteiger partial charge in [0, 0.05) is 11.4 Å². The van der Waals surface area contributed by atoms with Gasteiger partial charge < -0.3 is 10.4 Å². The predicted octanol–water partition coefficient (Wildman–Crippen LogP) is 2.66. The molecule has 4 heteroatoms. The van der Waals surface area contributed by atoms with Gasteiger partial charge in [-0.2, -0.15) is 0 Å². The van der Waals surface area contributed by atoms with Crippen LogP contribution in [0.2, 0.25) is 0 Å². The van der Waals surface area contributed by atoms with E-state index >= 15 is 0 Å². The summed E-state index contributed by atoms with van der Waals surface area (Å²) in [6.45, 7) is 8.01. The standard InChI is InChI=1S/C14H21NO2S/c1-9-7-10(2)13(11(3)8-9)15-14(17)12(4)18-6-5-16/h7-8,12,16H,5-6H2,1-4H3,(H,15,17). The Labute approximate surface area is 113 Å². The Bertz CT molecular complexity index is 409. The van der Waals surface area contributed by atoms with Crippen LogP contribution in [0.25, 0.3) is 0 Å². The van der Waals surface area contributed by atoms with E-state index < -0.39 is 0 Å². The van der Waals surface area contributed by atoms with Crippen LogP contribution in [0.5, 0.6) is 0 Å². The van der Waals surface area contributed by atoms with E-state index in [1.807, 2.05) is 27.7 Å². The predicted molar refractivity (Wildman–Crippen MR) is 78.3 cm³/mol. The Kier molecular flexibility index (Phi) is 5.69. The minimum atomic E-state index is -0.155. The Morgan fingerprint density at radius 1 is 1.33 bits per heavy atom. The van der Waals surface area contributed by atoms with Gasteiger partial charge in [0.05, 0.1) is 11.9 Å². The molecule has 3 nitrogen and oxygen atoms in total. The molecule has 18 heavy (non-hydrogen) atoms. The van der Waals surface area contributed by atoms with Crippen molar-refractivity contribution >= 4 is 23.4 Å². The largest absolute Gasteiger partial charge is 0.396 e. The summed E-state index contributed by atoms with van der Waals surface area (Å²) in [6, 6.07) is 4.13. The van der Waals surface area contributed by atoms with E-state index in [4.69, 9.17) is 5.11 Å². The van der Waals surface area contributed by atoms with Crippen molar-refractivity contribution in [1.29, 1.82) is 0 Å². The number of aryl methyl sites for hydroxylation is 3. The van der Waals surface area contributed by atoms with E-state index in [1.54, 1.807) is 0 Å². The van der Waals surface area contributed by atoms with E-state index in [0.717, 1.165) is 16.8 Å². The Hall–Kier alpha value is -1.00. The third kappa shape index (κ3) is 4.03. The summed E-state index contributed by atoms with van der Waals surface area (Å²) < 4.78 is 0. The minimum Gasteiger partial charge on any atom is -0.396 e. The second kappa shape index (κ2) is 6.81. The monoisotopic (exact) mass is 267 g/mol. The van der Waals surface area contributed by atoms with Gasteiger partial charge >= 0.3 is 0 Å². The number of amides is 1. The maximum Gasteiger partial charge on any atom is 0.237 e. The molecule has 1 rings (SSSR count). The first-order chi connectivity index (χ1) is 8.45. The lowest BCUT2D eigenvalue weighted by Crippen LogP contribution is -2.24. The molecule has 0 radical (unpaired) electrons. The average molecular weight is 267 g/mol. The molecule has 1 amide bonds. The lowest BCUT2D eigenvalue weighted by Gasteiger charge is -2.15. The second-order valence-electron chi connectivity index (χ2n) is 4.50. The first-order valence-electron chi connectivity index (χ1n) is 6.07. The zero-order chi connectivity index (χ0) is 13.7. The molecule has 0 aliphatic heterocycles. The fourth-order valence-electron chi connectivity index (χ4n) is 1.91. The number of anilines is 1. The molecule has 2 N–H and O–H groups in total. The van der Waals surface area contributed by atoms with Gasteiger partial charge in [-0.1, -0.05) is 17.7 Å². The molecular weight excluding hydrogens is 246 g/mol. The van der Waals surface area contributed by atoms with E-state index in [1.165, 1.54) is 17.3 Å². The van der Waals surface area contributed by atoms with Crippen molar-refractivity contribution in [2.75, 3.05) is 17.7 Å². The summed E-state index contributed by atoms with van der Waals surface area (Å²) in [5, 5.41) is 11.6. The minimum absolute atomic E-state index is 0.0106. The lowest BCUT2D eigenvalue weighted by atomic mass is 10.1. The van der Waals surface area contributed by atoms with E-state index in [2.05, 4.69) is 17.4 Å². The van der Waals surface area contributed by atoms with E-state index in [0.29, 0.717) is 5.75 Å². The van der Waals surface area contributed by atoms with Crippen LogP contribution in [0.4, 0.5) is 5.69 Å². The van der Waals surface area contributed by atoms with Gasteiger partial charge in [-0.25, -0.2) is 0 Å². The first-order valence-corrected chi connectivity index (χ1v) is 7.11. The van der Waals surface area contributed by atoms with Gasteiger partial charge in [0.15, 0.2) is 0 Å². The maximum absolute atomic E-state index is 12.0. The molecule has 0 aliphatic carbocycles. The molecule has 0 bridgehead atoms. The molecule has 0 saturated heterocycles. The quantitative estimate of drug-likeness (QED) is 0.862. The smallest absolute Gasteiger partial charge is 0.237 e. The van der Waals surface area contributed by atoms with Crippen molar-refractivity contribution in [3.05, 3.63) is 28.8 Å². The second-order valence-corrected chi connectivity index (χ2v) is 5.95. The normalized spacial score (nSPS) is 12.3. The van der Waals surface area contributed by atoms with Crippen molar-refractivity contribution < 1.29 is 9.90 Å². The molecular formula is C14H21NO2S. The fourth-order valence-corrected chi connectivity index (χ4v) is 2.58. The van der Waals surface area contributed by atoms with Crippen LogP contribution in [-0.2, 0) is 4.79 Å². The molecule has 0 spiro atoms. The van der Waals surface area contributed by atoms with Gasteiger partial charge in [0.25, 0.3) is 0 Å². The van der Waals surface area contributed by atoms with Gasteiger partial charge in [0.1, 0.15) is 0 Å². The highest BCUT2D eigenvalue weighted by molar-refractivity contribution is 8.00. The van der Waals surface area contributed by atoms with Crippen molar-refractivity contribution in [3.8, 4) is 0 Å².